The van der Waals surface area contributed by atoms with Crippen LogP contribution in [-0.4, -0.2) is 16.2 Å². The lowest BCUT2D eigenvalue weighted by atomic mass is 10.0. The Bertz CT molecular complexity index is 1050. The van der Waals surface area contributed by atoms with E-state index in [0.29, 0.717) is 5.39 Å². The molecule has 22 heavy (non-hydrogen) atoms. The quantitative estimate of drug-likeness (QED) is 0.500. The van der Waals surface area contributed by atoms with Gasteiger partial charge in [0, 0.05) is 16.3 Å². The number of nitrogens with two attached hydrogens (primary N) is 1. The summed E-state index contributed by atoms with van der Waals surface area (Å²) in [4.78, 5) is 14.5. The summed E-state index contributed by atoms with van der Waals surface area (Å²) in [5.74, 6) is -0.0559. The molecule has 0 spiro atoms. The lowest BCUT2D eigenvalue weighted by Crippen LogP contribution is -2.16. The molecular formula is C17H12N2O3. The van der Waals surface area contributed by atoms with Crippen molar-refractivity contribution in [1.82, 2.24) is 4.98 Å². The summed E-state index contributed by atoms with van der Waals surface area (Å²) in [5, 5.41) is 13.6. The highest BCUT2D eigenvalue weighted by atomic mass is 16.6. The largest absolute Gasteiger partial charge is 0.504 e. The van der Waals surface area contributed by atoms with Crippen molar-refractivity contribution >= 4 is 38.7 Å². The standard InChI is InChI=1S/C17H12N2O3/c18-17(21)22-16-13(20)8-6-9-5-7-11-10-3-1-2-4-12(10)19-15(11)14(9)16/h1-8,19-20H,(H2,18,21). The number of fused-ring (bicyclic) bond motifs is 5. The monoisotopic (exact) mass is 292 g/mol. The number of aromatic nitrogens is 1. The number of phenolic OH excluding ortho intramolecular Hbond substituents is 1. The van der Waals surface area contributed by atoms with Gasteiger partial charge in [-0.3, -0.25) is 0 Å². The second-order valence-corrected chi connectivity index (χ2v) is 5.09. The van der Waals surface area contributed by atoms with E-state index in [9.17, 15) is 9.90 Å². The van der Waals surface area contributed by atoms with Crippen molar-refractivity contribution in [3.05, 3.63) is 48.5 Å². The third kappa shape index (κ3) is 1.69. The van der Waals surface area contributed by atoms with Crippen LogP contribution >= 0.6 is 0 Å². The van der Waals surface area contributed by atoms with E-state index < -0.39 is 6.09 Å². The molecule has 0 radical (unpaired) electrons. The van der Waals surface area contributed by atoms with Crippen LogP contribution in [0.15, 0.2) is 48.5 Å². The number of phenols is 1. The van der Waals surface area contributed by atoms with Crippen LogP contribution in [0.5, 0.6) is 11.5 Å². The van der Waals surface area contributed by atoms with Crippen molar-refractivity contribution in [2.75, 3.05) is 0 Å². The number of hydrogen-bond donors (Lipinski definition) is 3. The predicted molar refractivity (Wildman–Crippen MR) is 85.2 cm³/mol. The van der Waals surface area contributed by atoms with Gasteiger partial charge >= 0.3 is 6.09 Å². The highest BCUT2D eigenvalue weighted by Gasteiger charge is 2.16. The van der Waals surface area contributed by atoms with Gasteiger partial charge in [0.25, 0.3) is 0 Å². The lowest BCUT2D eigenvalue weighted by molar-refractivity contribution is 0.209. The maximum atomic E-state index is 11.2. The molecule has 1 heterocycles. The van der Waals surface area contributed by atoms with E-state index in [1.54, 1.807) is 6.07 Å². The van der Waals surface area contributed by atoms with E-state index in [0.717, 1.165) is 27.2 Å². The van der Waals surface area contributed by atoms with E-state index >= 15 is 0 Å². The Hall–Kier alpha value is -3.21. The fraction of sp³-hybridized carbons (Fsp3) is 0. The minimum atomic E-state index is -0.962. The van der Waals surface area contributed by atoms with Crippen LogP contribution in [0.1, 0.15) is 0 Å². The number of H-pyrrole nitrogens is 1. The Morgan fingerprint density at radius 2 is 1.82 bits per heavy atom. The zero-order valence-corrected chi connectivity index (χ0v) is 11.5. The number of rotatable bonds is 1. The minimum absolute atomic E-state index is 0.0714. The topological polar surface area (TPSA) is 88.3 Å². The maximum absolute atomic E-state index is 11.2. The fourth-order valence-electron chi connectivity index (χ4n) is 2.89. The SMILES string of the molecule is NC(=O)Oc1c(O)ccc2ccc3c4ccccc4[nH]c3c12. The van der Waals surface area contributed by atoms with E-state index in [-0.39, 0.29) is 11.5 Å². The average Bonchev–Trinajstić information content (AvgIpc) is 2.88. The van der Waals surface area contributed by atoms with E-state index in [2.05, 4.69) is 4.98 Å². The minimum Gasteiger partial charge on any atom is -0.504 e. The van der Waals surface area contributed by atoms with Crippen LogP contribution in [0.2, 0.25) is 0 Å². The van der Waals surface area contributed by atoms with Crippen LogP contribution in [0.3, 0.4) is 0 Å². The van der Waals surface area contributed by atoms with Gasteiger partial charge in [0.15, 0.2) is 11.5 Å². The number of nitrogens with one attached hydrogen (secondary N) is 1. The van der Waals surface area contributed by atoms with Gasteiger partial charge in [-0.1, -0.05) is 36.4 Å². The van der Waals surface area contributed by atoms with Crippen LogP contribution in [0.4, 0.5) is 4.79 Å². The summed E-state index contributed by atoms with van der Waals surface area (Å²) in [6.45, 7) is 0. The first-order valence-corrected chi connectivity index (χ1v) is 6.77. The second kappa shape index (κ2) is 4.39. The second-order valence-electron chi connectivity index (χ2n) is 5.09. The number of hydrogen-bond acceptors (Lipinski definition) is 3. The zero-order valence-electron chi connectivity index (χ0n) is 11.5. The number of benzene rings is 3. The van der Waals surface area contributed by atoms with Gasteiger partial charge in [-0.25, -0.2) is 4.79 Å². The Morgan fingerprint density at radius 3 is 2.64 bits per heavy atom. The smallest absolute Gasteiger partial charge is 0.410 e. The molecule has 4 N–H and O–H groups in total. The molecule has 1 amide bonds. The highest BCUT2D eigenvalue weighted by Crippen LogP contribution is 2.40. The number of para-hydroxylation sites is 1. The predicted octanol–water partition coefficient (Wildman–Crippen LogP) is 3.64. The first-order chi connectivity index (χ1) is 10.6. The number of carbonyl (C=O) groups excluding carboxylic acids is 1. The maximum Gasteiger partial charge on any atom is 0.410 e. The van der Waals surface area contributed by atoms with Crippen molar-refractivity contribution < 1.29 is 14.6 Å². The Kier molecular flexibility index (Phi) is 2.50. The molecule has 4 aromatic rings. The molecule has 0 fully saturated rings. The molecule has 0 saturated carbocycles. The Labute approximate surface area is 124 Å². The molecule has 0 aliphatic rings. The number of amides is 1. The van der Waals surface area contributed by atoms with Crippen LogP contribution in [0, 0.1) is 0 Å². The summed E-state index contributed by atoms with van der Waals surface area (Å²) in [5.41, 5.74) is 6.89. The summed E-state index contributed by atoms with van der Waals surface area (Å²) in [7, 11) is 0. The van der Waals surface area contributed by atoms with Gasteiger partial charge in [-0.15, -0.1) is 0 Å². The molecule has 4 rings (SSSR count). The molecule has 3 aromatic carbocycles. The highest BCUT2D eigenvalue weighted by molar-refractivity contribution is 6.19. The van der Waals surface area contributed by atoms with Crippen molar-refractivity contribution in [1.29, 1.82) is 0 Å². The van der Waals surface area contributed by atoms with Crippen molar-refractivity contribution in [2.24, 2.45) is 5.73 Å². The Balaban J connectivity index is 2.22. The summed E-state index contributed by atoms with van der Waals surface area (Å²) >= 11 is 0. The van der Waals surface area contributed by atoms with E-state index in [1.165, 1.54) is 6.07 Å². The van der Waals surface area contributed by atoms with Gasteiger partial charge < -0.3 is 20.6 Å². The van der Waals surface area contributed by atoms with Crippen LogP contribution in [0.25, 0.3) is 32.6 Å². The number of aromatic amines is 1. The molecule has 0 unspecified atom stereocenters. The van der Waals surface area contributed by atoms with Crippen LogP contribution in [-0.2, 0) is 0 Å². The summed E-state index contributed by atoms with van der Waals surface area (Å²) in [6.07, 6.45) is -0.962. The molecule has 0 saturated heterocycles. The molecule has 0 aliphatic heterocycles. The fourth-order valence-corrected chi connectivity index (χ4v) is 2.89. The molecule has 5 heteroatoms. The molecule has 5 nitrogen and oxygen atoms in total. The van der Waals surface area contributed by atoms with Gasteiger partial charge in [0.2, 0.25) is 0 Å². The van der Waals surface area contributed by atoms with Gasteiger partial charge in [-0.2, -0.15) is 0 Å². The zero-order chi connectivity index (χ0) is 15.3. The van der Waals surface area contributed by atoms with Gasteiger partial charge in [0.05, 0.1) is 10.9 Å². The van der Waals surface area contributed by atoms with Crippen molar-refractivity contribution in [2.45, 2.75) is 0 Å². The third-order valence-electron chi connectivity index (χ3n) is 3.80. The van der Waals surface area contributed by atoms with Gasteiger partial charge in [0.1, 0.15) is 0 Å². The van der Waals surface area contributed by atoms with Crippen LogP contribution < -0.4 is 10.5 Å². The molecule has 0 aliphatic carbocycles. The molecular weight excluding hydrogens is 280 g/mol. The first kappa shape index (κ1) is 12.5. The number of primary amides is 1. The molecule has 108 valence electrons. The number of ether oxygens (including phenoxy) is 1. The van der Waals surface area contributed by atoms with Gasteiger partial charge in [-0.05, 0) is 17.5 Å². The normalized spacial score (nSPS) is 11.3. The summed E-state index contributed by atoms with van der Waals surface area (Å²) in [6, 6.07) is 15.1. The number of aromatic hydroxyl groups is 1. The third-order valence-corrected chi connectivity index (χ3v) is 3.80. The molecule has 1 aromatic heterocycles. The molecule has 0 atom stereocenters. The molecule has 0 bridgehead atoms. The number of carbonyl (C=O) groups is 1. The van der Waals surface area contributed by atoms with E-state index in [1.807, 2.05) is 36.4 Å². The Morgan fingerprint density at radius 1 is 1.05 bits per heavy atom. The van der Waals surface area contributed by atoms with Crippen molar-refractivity contribution in [3.8, 4) is 11.5 Å². The summed E-state index contributed by atoms with van der Waals surface area (Å²) < 4.78 is 5.03. The van der Waals surface area contributed by atoms with Crippen molar-refractivity contribution in [3.63, 3.8) is 0 Å². The van der Waals surface area contributed by atoms with E-state index in [4.69, 9.17) is 10.5 Å². The first-order valence-electron chi connectivity index (χ1n) is 6.77. The average molecular weight is 292 g/mol. The lowest BCUT2D eigenvalue weighted by Gasteiger charge is -2.09.